The first-order valence-corrected chi connectivity index (χ1v) is 4.87. The molecule has 0 unspecified atom stereocenters. The Kier molecular flexibility index (Phi) is 1.71. The summed E-state index contributed by atoms with van der Waals surface area (Å²) in [6.07, 6.45) is 1.53. The first-order chi connectivity index (χ1) is 7.83. The number of aromatic nitrogens is 1. The number of benzene rings is 1. The van der Waals surface area contributed by atoms with Gasteiger partial charge in [-0.25, -0.2) is 0 Å². The largest absolute Gasteiger partial charge is 0.428 e. The van der Waals surface area contributed by atoms with Crippen molar-refractivity contribution in [3.8, 4) is 11.3 Å². The van der Waals surface area contributed by atoms with Crippen LogP contribution < -0.4 is 0 Å². The second-order valence-electron chi connectivity index (χ2n) is 3.60. The van der Waals surface area contributed by atoms with Crippen LogP contribution in [0.3, 0.4) is 0 Å². The quantitative estimate of drug-likeness (QED) is 0.496. The lowest BCUT2D eigenvalue weighted by molar-refractivity contribution is 0.190. The van der Waals surface area contributed by atoms with Gasteiger partial charge in [0.25, 0.3) is 0 Å². The molecule has 0 atom stereocenters. The van der Waals surface area contributed by atoms with Crippen molar-refractivity contribution < 1.29 is 5.21 Å². The summed E-state index contributed by atoms with van der Waals surface area (Å²) in [6.45, 7) is 0. The maximum atomic E-state index is 10.9. The van der Waals surface area contributed by atoms with Gasteiger partial charge in [0.05, 0.1) is 5.69 Å². The van der Waals surface area contributed by atoms with E-state index in [4.69, 9.17) is 0 Å². The molecule has 3 rings (SSSR count). The molecule has 1 heterocycles. The summed E-state index contributed by atoms with van der Waals surface area (Å²) in [5.41, 5.74) is 1.67. The molecule has 1 N–H and O–H groups in total. The van der Waals surface area contributed by atoms with E-state index >= 15 is 0 Å². The molecule has 16 heavy (non-hydrogen) atoms. The molecule has 0 spiro atoms. The van der Waals surface area contributed by atoms with Crippen LogP contribution in [0, 0.1) is 4.91 Å². The fraction of sp³-hybridized carbons (Fsp3) is 0. The molecule has 78 valence electrons. The van der Waals surface area contributed by atoms with Crippen LogP contribution in [-0.4, -0.2) is 9.94 Å². The van der Waals surface area contributed by atoms with Crippen LogP contribution in [0.2, 0.25) is 0 Å². The van der Waals surface area contributed by atoms with Gasteiger partial charge in [-0.1, -0.05) is 24.3 Å². The van der Waals surface area contributed by atoms with E-state index in [1.807, 2.05) is 24.3 Å². The van der Waals surface area contributed by atoms with Crippen LogP contribution in [0.25, 0.3) is 22.0 Å². The highest BCUT2D eigenvalue weighted by molar-refractivity contribution is 6.11. The van der Waals surface area contributed by atoms with Crippen molar-refractivity contribution in [1.82, 2.24) is 4.73 Å². The Hall–Kier alpha value is -2.36. The zero-order valence-corrected chi connectivity index (χ0v) is 8.29. The van der Waals surface area contributed by atoms with Gasteiger partial charge in [-0.2, -0.15) is 4.73 Å². The van der Waals surface area contributed by atoms with Crippen molar-refractivity contribution in [2.24, 2.45) is 5.18 Å². The molecular weight excluding hydrogens is 204 g/mol. The summed E-state index contributed by atoms with van der Waals surface area (Å²) in [5, 5.41) is 14.4. The molecule has 0 bridgehead atoms. The van der Waals surface area contributed by atoms with Gasteiger partial charge in [0.15, 0.2) is 0 Å². The number of fused-ring (bicyclic) bond motifs is 3. The monoisotopic (exact) mass is 212 g/mol. The fourth-order valence-electron chi connectivity index (χ4n) is 2.10. The molecule has 0 saturated carbocycles. The molecule has 0 amide bonds. The van der Waals surface area contributed by atoms with Gasteiger partial charge < -0.3 is 5.21 Å². The van der Waals surface area contributed by atoms with E-state index in [0.29, 0.717) is 16.9 Å². The zero-order valence-electron chi connectivity index (χ0n) is 8.29. The molecule has 0 fully saturated rings. The van der Waals surface area contributed by atoms with Crippen LogP contribution in [-0.2, 0) is 0 Å². The molecule has 0 aromatic heterocycles. The van der Waals surface area contributed by atoms with Gasteiger partial charge in [-0.3, -0.25) is 0 Å². The SMILES string of the molecule is O=Nc1c2cccn(O)c-2c2ccccc12. The van der Waals surface area contributed by atoms with E-state index in [-0.39, 0.29) is 0 Å². The number of rotatable bonds is 1. The standard InChI is InChI=1S/C12H8N2O2/c15-13-11-8-4-1-2-5-9(8)12-10(11)6-3-7-14(12)16/h1-7,16H. The van der Waals surface area contributed by atoms with Gasteiger partial charge in [0.2, 0.25) is 0 Å². The summed E-state index contributed by atoms with van der Waals surface area (Å²) in [6, 6.07) is 10.8. The highest BCUT2D eigenvalue weighted by atomic mass is 16.5. The lowest BCUT2D eigenvalue weighted by atomic mass is 10.2. The summed E-state index contributed by atoms with van der Waals surface area (Å²) in [4.78, 5) is 10.9. The minimum absolute atomic E-state index is 0.383. The average Bonchev–Trinajstić information content (AvgIpc) is 2.64. The Morgan fingerprint density at radius 3 is 2.56 bits per heavy atom. The molecule has 4 nitrogen and oxygen atoms in total. The Labute approximate surface area is 91.0 Å². The smallest absolute Gasteiger partial charge is 0.125 e. The van der Waals surface area contributed by atoms with Crippen LogP contribution in [0.1, 0.15) is 0 Å². The van der Waals surface area contributed by atoms with Crippen molar-refractivity contribution in [2.45, 2.75) is 0 Å². The summed E-state index contributed by atoms with van der Waals surface area (Å²) in [5.74, 6) is 0. The van der Waals surface area contributed by atoms with Gasteiger partial charge >= 0.3 is 0 Å². The van der Waals surface area contributed by atoms with Crippen LogP contribution >= 0.6 is 0 Å². The molecule has 1 aliphatic carbocycles. The van der Waals surface area contributed by atoms with Crippen LogP contribution in [0.15, 0.2) is 47.8 Å². The lowest BCUT2D eigenvalue weighted by Gasteiger charge is -2.05. The van der Waals surface area contributed by atoms with Crippen molar-refractivity contribution in [1.29, 1.82) is 0 Å². The van der Waals surface area contributed by atoms with Crippen LogP contribution in [0.5, 0.6) is 0 Å². The van der Waals surface area contributed by atoms with Crippen molar-refractivity contribution in [3.05, 3.63) is 47.5 Å². The van der Waals surface area contributed by atoms with E-state index in [9.17, 15) is 10.1 Å². The van der Waals surface area contributed by atoms with Gasteiger partial charge in [-0.15, -0.1) is 4.91 Å². The zero-order chi connectivity index (χ0) is 11.1. The van der Waals surface area contributed by atoms with E-state index in [0.717, 1.165) is 15.5 Å². The van der Waals surface area contributed by atoms with Gasteiger partial charge in [-0.05, 0) is 17.3 Å². The molecule has 1 aromatic rings. The summed E-state index contributed by atoms with van der Waals surface area (Å²) in [7, 11) is 0. The highest BCUT2D eigenvalue weighted by Crippen LogP contribution is 2.43. The molecule has 0 saturated heterocycles. The van der Waals surface area contributed by atoms with E-state index in [1.165, 1.54) is 6.20 Å². The van der Waals surface area contributed by atoms with Crippen LogP contribution in [0.4, 0.5) is 5.69 Å². The van der Waals surface area contributed by atoms with E-state index < -0.39 is 0 Å². The van der Waals surface area contributed by atoms with Crippen molar-refractivity contribution in [3.63, 3.8) is 0 Å². The summed E-state index contributed by atoms with van der Waals surface area (Å²) >= 11 is 0. The number of pyridine rings is 1. The third kappa shape index (κ3) is 0.982. The van der Waals surface area contributed by atoms with E-state index in [2.05, 4.69) is 5.18 Å². The number of hydrogen-bond acceptors (Lipinski definition) is 3. The van der Waals surface area contributed by atoms with Crippen molar-refractivity contribution >= 4 is 16.5 Å². The third-order valence-electron chi connectivity index (χ3n) is 2.76. The Bertz CT molecular complexity index is 657. The maximum absolute atomic E-state index is 10.9. The molecule has 0 radical (unpaired) electrons. The minimum atomic E-state index is 0.383. The average molecular weight is 212 g/mol. The number of nitroso groups, excluding NO2 is 1. The molecular formula is C12H8N2O2. The second kappa shape index (κ2) is 3.06. The first-order valence-electron chi connectivity index (χ1n) is 4.87. The number of hydrogen-bond donors (Lipinski definition) is 1. The highest BCUT2D eigenvalue weighted by Gasteiger charge is 2.20. The molecule has 4 heteroatoms. The van der Waals surface area contributed by atoms with Crippen molar-refractivity contribution in [2.75, 3.05) is 0 Å². The van der Waals surface area contributed by atoms with E-state index in [1.54, 1.807) is 12.1 Å². The Morgan fingerprint density at radius 2 is 1.81 bits per heavy atom. The third-order valence-corrected chi connectivity index (χ3v) is 2.76. The normalized spacial score (nSPS) is 11.0. The maximum Gasteiger partial charge on any atom is 0.125 e. The molecule has 1 aliphatic heterocycles. The topological polar surface area (TPSA) is 54.6 Å². The fourth-order valence-corrected chi connectivity index (χ4v) is 2.10. The second-order valence-corrected chi connectivity index (χ2v) is 3.60. The predicted molar refractivity (Wildman–Crippen MR) is 61.2 cm³/mol. The summed E-state index contributed by atoms with van der Waals surface area (Å²) < 4.78 is 1.02. The van der Waals surface area contributed by atoms with Gasteiger partial charge in [0.1, 0.15) is 5.69 Å². The predicted octanol–water partition coefficient (Wildman–Crippen LogP) is 3.38. The number of nitrogens with zero attached hydrogens (tertiary/aromatic N) is 2. The minimum Gasteiger partial charge on any atom is -0.428 e. The Morgan fingerprint density at radius 1 is 1.06 bits per heavy atom. The van der Waals surface area contributed by atoms with Gasteiger partial charge in [0, 0.05) is 22.5 Å². The first kappa shape index (κ1) is 8.91. The Balaban J connectivity index is 2.62. The molecule has 1 aromatic carbocycles. The molecule has 2 aliphatic rings. The lowest BCUT2D eigenvalue weighted by Crippen LogP contribution is -1.95.